The number of carbonyl (C=O) groups is 1. The maximum absolute atomic E-state index is 13.6. The fourth-order valence-corrected chi connectivity index (χ4v) is 5.15. The third-order valence-corrected chi connectivity index (χ3v) is 11.6. The van der Waals surface area contributed by atoms with E-state index in [1.165, 1.54) is 7.11 Å². The Morgan fingerprint density at radius 1 is 0.895 bits per heavy atom. The third-order valence-electron chi connectivity index (χ3n) is 7.23. The van der Waals surface area contributed by atoms with Crippen LogP contribution in [0.25, 0.3) is 6.08 Å². The van der Waals surface area contributed by atoms with Gasteiger partial charge < -0.3 is 9.16 Å². The predicted molar refractivity (Wildman–Crippen MR) is 156 cm³/mol. The molecule has 6 heteroatoms. The number of methoxy groups -OCH3 is 1. The van der Waals surface area contributed by atoms with Gasteiger partial charge in [-0.15, -0.1) is 0 Å². The quantitative estimate of drug-likeness (QED) is 0.233. The minimum atomic E-state index is -2.37. The van der Waals surface area contributed by atoms with Crippen molar-refractivity contribution in [2.75, 3.05) is 12.2 Å². The van der Waals surface area contributed by atoms with Crippen molar-refractivity contribution < 1.29 is 18.8 Å². The molecule has 0 amide bonds. The number of esters is 1. The summed E-state index contributed by atoms with van der Waals surface area (Å²) in [6.07, 6.45) is 3.35. The van der Waals surface area contributed by atoms with E-state index in [2.05, 4.69) is 33.9 Å². The molecule has 0 aliphatic carbocycles. The Hall–Kier alpha value is -3.61. The molecular weight excluding hydrogens is 490 g/mol. The van der Waals surface area contributed by atoms with E-state index in [0.29, 0.717) is 11.3 Å². The fourth-order valence-electron chi connectivity index (χ4n) is 4.08. The molecule has 0 N–H and O–H groups in total. The van der Waals surface area contributed by atoms with E-state index < -0.39 is 26.4 Å². The molecule has 0 unspecified atom stereocenters. The highest BCUT2D eigenvalue weighted by Crippen LogP contribution is 2.45. The number of ether oxygens (including phenoxy) is 1. The molecule has 0 fully saturated rings. The van der Waals surface area contributed by atoms with Crippen LogP contribution in [0.4, 0.5) is 5.69 Å². The molecule has 3 aromatic carbocycles. The topological polar surface area (TPSA) is 48.0 Å². The van der Waals surface area contributed by atoms with Gasteiger partial charge in [0, 0.05) is 0 Å². The fraction of sp³-hybridized carbons (Fsp3) is 0.281. The van der Waals surface area contributed by atoms with Gasteiger partial charge in [-0.1, -0.05) is 112 Å². The summed E-state index contributed by atoms with van der Waals surface area (Å²) in [4.78, 5) is 20.4. The van der Waals surface area contributed by atoms with Gasteiger partial charge in [0.25, 0.3) is 0 Å². The van der Waals surface area contributed by atoms with E-state index in [1.807, 2.05) is 103 Å². The van der Waals surface area contributed by atoms with Gasteiger partial charge in [-0.25, -0.2) is 9.86 Å². The van der Waals surface area contributed by atoms with Crippen molar-refractivity contribution in [3.8, 4) is 0 Å². The summed E-state index contributed by atoms with van der Waals surface area (Å²) < 4.78 is 12.3. The van der Waals surface area contributed by atoms with Gasteiger partial charge in [0.2, 0.25) is 8.32 Å². The second-order valence-electron chi connectivity index (χ2n) is 10.9. The summed E-state index contributed by atoms with van der Waals surface area (Å²) in [5.41, 5.74) is 3.17. The van der Waals surface area contributed by atoms with Gasteiger partial charge in [-0.2, -0.15) is 0 Å². The standard InChI is InChI=1S/C32H37NO4Si/c1-32(2,3)38(5,6)37-30-28(31(34)35-4)27(23-22-24-16-10-7-11-17-24)33(26-20-14-9-15-21-26)36-29(30)25-18-12-8-13-19-25/h7-23,27,29H,1-6H3/b23-22+/t27-,29+/m0/s1. The Bertz CT molecular complexity index is 1280. The summed E-state index contributed by atoms with van der Waals surface area (Å²) in [6, 6.07) is 29.1. The van der Waals surface area contributed by atoms with Gasteiger partial charge in [0.15, 0.2) is 6.10 Å². The molecule has 0 aromatic heterocycles. The Morgan fingerprint density at radius 3 is 2.00 bits per heavy atom. The van der Waals surface area contributed by atoms with Crippen LogP contribution in [0.2, 0.25) is 18.1 Å². The molecule has 198 valence electrons. The van der Waals surface area contributed by atoms with Crippen LogP contribution in [0.5, 0.6) is 0 Å². The number of hydroxylamine groups is 1. The maximum Gasteiger partial charge on any atom is 0.339 e. The van der Waals surface area contributed by atoms with E-state index in [9.17, 15) is 4.79 Å². The van der Waals surface area contributed by atoms with Crippen molar-refractivity contribution in [1.82, 2.24) is 0 Å². The molecule has 0 radical (unpaired) electrons. The highest BCUT2D eigenvalue weighted by molar-refractivity contribution is 6.74. The molecule has 0 spiro atoms. The van der Waals surface area contributed by atoms with Gasteiger partial charge in [0.05, 0.1) is 12.8 Å². The zero-order valence-electron chi connectivity index (χ0n) is 23.0. The van der Waals surface area contributed by atoms with Crippen LogP contribution in [-0.4, -0.2) is 27.4 Å². The first kappa shape index (κ1) is 27.4. The summed E-state index contributed by atoms with van der Waals surface area (Å²) in [5.74, 6) is 0.0797. The number of rotatable bonds is 7. The summed E-state index contributed by atoms with van der Waals surface area (Å²) in [7, 11) is -0.960. The average Bonchev–Trinajstić information content (AvgIpc) is 2.92. The van der Waals surface area contributed by atoms with Crippen LogP contribution < -0.4 is 5.06 Å². The monoisotopic (exact) mass is 527 g/mol. The number of anilines is 1. The van der Waals surface area contributed by atoms with Gasteiger partial charge in [0.1, 0.15) is 17.4 Å². The zero-order chi connectivity index (χ0) is 27.3. The maximum atomic E-state index is 13.6. The molecule has 5 nitrogen and oxygen atoms in total. The minimum absolute atomic E-state index is 0.0889. The normalized spacial score (nSPS) is 18.5. The largest absolute Gasteiger partial charge is 0.544 e. The van der Waals surface area contributed by atoms with Crippen LogP contribution in [0.1, 0.15) is 38.0 Å². The second kappa shape index (κ2) is 11.4. The van der Waals surface area contributed by atoms with Gasteiger partial charge in [-0.3, -0.25) is 4.84 Å². The van der Waals surface area contributed by atoms with E-state index in [0.717, 1.165) is 16.8 Å². The van der Waals surface area contributed by atoms with Crippen LogP contribution in [0.3, 0.4) is 0 Å². The molecule has 0 saturated carbocycles. The Kier molecular flexibility index (Phi) is 8.24. The first-order valence-electron chi connectivity index (χ1n) is 12.9. The third kappa shape index (κ3) is 5.92. The van der Waals surface area contributed by atoms with E-state index in [1.54, 1.807) is 5.06 Å². The van der Waals surface area contributed by atoms with E-state index in [4.69, 9.17) is 14.0 Å². The van der Waals surface area contributed by atoms with Crippen molar-refractivity contribution in [3.63, 3.8) is 0 Å². The molecule has 38 heavy (non-hydrogen) atoms. The molecule has 1 aliphatic heterocycles. The molecular formula is C32H37NO4Si. The summed E-state index contributed by atoms with van der Waals surface area (Å²) in [6.45, 7) is 10.9. The summed E-state index contributed by atoms with van der Waals surface area (Å²) >= 11 is 0. The van der Waals surface area contributed by atoms with E-state index >= 15 is 0 Å². The highest BCUT2D eigenvalue weighted by atomic mass is 28.4. The van der Waals surface area contributed by atoms with Crippen LogP contribution in [0, 0.1) is 0 Å². The van der Waals surface area contributed by atoms with Crippen LogP contribution in [0.15, 0.2) is 108 Å². The first-order chi connectivity index (χ1) is 18.1. The molecule has 1 heterocycles. The van der Waals surface area contributed by atoms with Crippen LogP contribution >= 0.6 is 0 Å². The van der Waals surface area contributed by atoms with Crippen molar-refractivity contribution in [2.24, 2.45) is 0 Å². The number of nitrogens with zero attached hydrogens (tertiary/aromatic N) is 1. The second-order valence-corrected chi connectivity index (χ2v) is 15.6. The first-order valence-corrected chi connectivity index (χ1v) is 15.8. The van der Waals surface area contributed by atoms with Crippen molar-refractivity contribution in [2.45, 2.75) is 51.0 Å². The summed E-state index contributed by atoms with van der Waals surface area (Å²) in [5, 5.41) is 1.70. The molecule has 0 bridgehead atoms. The van der Waals surface area contributed by atoms with Crippen LogP contribution in [-0.2, 0) is 18.8 Å². The van der Waals surface area contributed by atoms with Crippen molar-refractivity contribution in [3.05, 3.63) is 120 Å². The lowest BCUT2D eigenvalue weighted by Gasteiger charge is -2.45. The van der Waals surface area contributed by atoms with Crippen molar-refractivity contribution >= 4 is 26.1 Å². The molecule has 1 aliphatic rings. The van der Waals surface area contributed by atoms with Gasteiger partial charge >= 0.3 is 5.97 Å². The minimum Gasteiger partial charge on any atom is -0.544 e. The predicted octanol–water partition coefficient (Wildman–Crippen LogP) is 7.71. The number of hydrogen-bond acceptors (Lipinski definition) is 5. The molecule has 4 rings (SSSR count). The zero-order valence-corrected chi connectivity index (χ0v) is 24.0. The number of hydrogen-bond donors (Lipinski definition) is 0. The van der Waals surface area contributed by atoms with Crippen molar-refractivity contribution in [1.29, 1.82) is 0 Å². The lowest BCUT2D eigenvalue weighted by molar-refractivity contribution is -0.137. The molecule has 0 saturated heterocycles. The average molecular weight is 528 g/mol. The Balaban J connectivity index is 1.97. The SMILES string of the molecule is COC(=O)C1=C(O[Si](C)(C)C(C)(C)C)[C@@H](c2ccccc2)ON(c2ccccc2)[C@H]1/C=C/c1ccccc1. The highest BCUT2D eigenvalue weighted by Gasteiger charge is 2.46. The lowest BCUT2D eigenvalue weighted by atomic mass is 9.96. The Morgan fingerprint density at radius 2 is 1.45 bits per heavy atom. The van der Waals surface area contributed by atoms with Gasteiger partial charge in [-0.05, 0) is 41.4 Å². The smallest absolute Gasteiger partial charge is 0.339 e. The molecule has 2 atom stereocenters. The lowest BCUT2D eigenvalue weighted by Crippen LogP contribution is -2.48. The Labute approximate surface area is 227 Å². The number of carbonyl (C=O) groups excluding carboxylic acids is 1. The van der Waals surface area contributed by atoms with E-state index in [-0.39, 0.29) is 5.04 Å². The molecule has 3 aromatic rings. The number of para-hydroxylation sites is 1. The number of benzene rings is 3.